The second kappa shape index (κ2) is 6.52. The Labute approximate surface area is 152 Å². The maximum absolute atomic E-state index is 10.3. The van der Waals surface area contributed by atoms with E-state index >= 15 is 0 Å². The first-order valence-corrected chi connectivity index (χ1v) is 8.61. The second-order valence-corrected chi connectivity index (χ2v) is 6.53. The number of hydrogen-bond acceptors (Lipinski definition) is 4. The number of fused-ring (bicyclic) bond motifs is 1. The molecule has 2 aromatic carbocycles. The minimum atomic E-state index is 0.196. The van der Waals surface area contributed by atoms with Crippen molar-refractivity contribution < 1.29 is 5.11 Å². The van der Waals surface area contributed by atoms with Crippen molar-refractivity contribution in [1.82, 2.24) is 14.4 Å². The van der Waals surface area contributed by atoms with Crippen LogP contribution in [0.2, 0.25) is 0 Å². The summed E-state index contributed by atoms with van der Waals surface area (Å²) < 4.78 is 1.94. The van der Waals surface area contributed by atoms with Crippen molar-refractivity contribution in [3.63, 3.8) is 0 Å². The zero-order valence-electron chi connectivity index (χ0n) is 14.7. The van der Waals surface area contributed by atoms with Crippen molar-refractivity contribution in [2.45, 2.75) is 19.8 Å². The number of imidazole rings is 1. The number of phenols is 1. The Morgan fingerprint density at radius 3 is 2.54 bits per heavy atom. The summed E-state index contributed by atoms with van der Waals surface area (Å²) in [5.41, 5.74) is 4.33. The molecule has 26 heavy (non-hydrogen) atoms. The van der Waals surface area contributed by atoms with Gasteiger partial charge in [-0.05, 0) is 35.7 Å². The molecular formula is C21H20N4O. The van der Waals surface area contributed by atoms with Crippen molar-refractivity contribution in [3.05, 3.63) is 72.7 Å². The number of para-hydroxylation sites is 1. The van der Waals surface area contributed by atoms with Gasteiger partial charge in [0, 0.05) is 23.6 Å². The van der Waals surface area contributed by atoms with Crippen molar-refractivity contribution >= 4 is 17.2 Å². The van der Waals surface area contributed by atoms with Gasteiger partial charge in [0.15, 0.2) is 5.65 Å². The van der Waals surface area contributed by atoms with Gasteiger partial charge in [0.2, 0.25) is 0 Å². The van der Waals surface area contributed by atoms with E-state index in [1.165, 1.54) is 5.56 Å². The van der Waals surface area contributed by atoms with Crippen LogP contribution in [0, 0.1) is 0 Å². The summed E-state index contributed by atoms with van der Waals surface area (Å²) in [6, 6.07) is 15.6. The maximum atomic E-state index is 10.3. The van der Waals surface area contributed by atoms with Gasteiger partial charge >= 0.3 is 0 Å². The van der Waals surface area contributed by atoms with Gasteiger partial charge in [-0.25, -0.2) is 4.98 Å². The first-order valence-electron chi connectivity index (χ1n) is 8.61. The number of aromatic hydroxyl groups is 1. The van der Waals surface area contributed by atoms with Gasteiger partial charge in [-0.1, -0.05) is 38.1 Å². The summed E-state index contributed by atoms with van der Waals surface area (Å²) in [6.45, 7) is 4.35. The van der Waals surface area contributed by atoms with Crippen LogP contribution in [0.5, 0.6) is 5.75 Å². The molecular weight excluding hydrogens is 324 g/mol. The Bertz CT molecular complexity index is 1050. The molecule has 0 aliphatic rings. The van der Waals surface area contributed by atoms with Crippen LogP contribution in [-0.4, -0.2) is 19.5 Å². The average Bonchev–Trinajstić information content (AvgIpc) is 3.01. The summed E-state index contributed by atoms with van der Waals surface area (Å²) in [5.74, 6) is 1.48. The third kappa shape index (κ3) is 2.88. The topological polar surface area (TPSA) is 62.5 Å². The number of nitrogens with one attached hydrogen (secondary N) is 1. The van der Waals surface area contributed by atoms with E-state index in [9.17, 15) is 5.11 Å². The van der Waals surface area contributed by atoms with Gasteiger partial charge in [0.05, 0.1) is 6.20 Å². The van der Waals surface area contributed by atoms with E-state index in [4.69, 9.17) is 0 Å². The number of anilines is 2. The predicted octanol–water partition coefficient (Wildman–Crippen LogP) is 4.97. The lowest BCUT2D eigenvalue weighted by Crippen LogP contribution is -1.98. The van der Waals surface area contributed by atoms with Crippen molar-refractivity contribution in [2.24, 2.45) is 0 Å². The molecule has 0 radical (unpaired) electrons. The van der Waals surface area contributed by atoms with E-state index < -0.39 is 0 Å². The Morgan fingerprint density at radius 2 is 1.81 bits per heavy atom. The normalized spacial score (nSPS) is 11.2. The lowest BCUT2D eigenvalue weighted by molar-refractivity contribution is 0.477. The molecule has 0 fully saturated rings. The van der Waals surface area contributed by atoms with E-state index in [0.717, 1.165) is 11.5 Å². The standard InChI is InChI=1S/C21H20N4O/c1-14(2)15-7-9-16(10-8-15)23-21-20(17-5-3-4-6-18(17)26)24-19-13-22-11-12-25(19)21/h3-14,23,26H,1-2H3. The molecule has 0 atom stereocenters. The SMILES string of the molecule is CC(C)c1ccc(Nc2c(-c3ccccc3O)nc3cnccn23)cc1. The van der Waals surface area contributed by atoms with Gasteiger partial charge in [-0.3, -0.25) is 9.38 Å². The highest BCUT2D eigenvalue weighted by atomic mass is 16.3. The Kier molecular flexibility index (Phi) is 4.05. The highest BCUT2D eigenvalue weighted by Gasteiger charge is 2.17. The zero-order chi connectivity index (χ0) is 18.1. The smallest absolute Gasteiger partial charge is 0.157 e. The Balaban J connectivity index is 1.83. The Hall–Kier alpha value is -3.34. The summed E-state index contributed by atoms with van der Waals surface area (Å²) in [7, 11) is 0. The van der Waals surface area contributed by atoms with Gasteiger partial charge in [-0.2, -0.15) is 0 Å². The van der Waals surface area contributed by atoms with Gasteiger partial charge < -0.3 is 10.4 Å². The van der Waals surface area contributed by atoms with E-state index in [-0.39, 0.29) is 5.75 Å². The third-order valence-electron chi connectivity index (χ3n) is 4.43. The first-order chi connectivity index (χ1) is 12.6. The van der Waals surface area contributed by atoms with Crippen LogP contribution in [0.15, 0.2) is 67.1 Å². The number of hydrogen-bond donors (Lipinski definition) is 2. The molecule has 2 heterocycles. The minimum absolute atomic E-state index is 0.196. The monoisotopic (exact) mass is 344 g/mol. The second-order valence-electron chi connectivity index (χ2n) is 6.53. The average molecular weight is 344 g/mol. The molecule has 130 valence electrons. The predicted molar refractivity (Wildman–Crippen MR) is 104 cm³/mol. The lowest BCUT2D eigenvalue weighted by Gasteiger charge is -2.11. The zero-order valence-corrected chi connectivity index (χ0v) is 14.7. The van der Waals surface area contributed by atoms with E-state index in [0.29, 0.717) is 22.8 Å². The maximum Gasteiger partial charge on any atom is 0.157 e. The van der Waals surface area contributed by atoms with Crippen molar-refractivity contribution in [1.29, 1.82) is 0 Å². The fourth-order valence-electron chi connectivity index (χ4n) is 2.98. The highest BCUT2D eigenvalue weighted by Crippen LogP contribution is 2.35. The molecule has 5 heteroatoms. The van der Waals surface area contributed by atoms with Crippen molar-refractivity contribution in [3.8, 4) is 17.0 Å². The number of aromatic nitrogens is 3. The molecule has 0 aliphatic carbocycles. The Morgan fingerprint density at radius 1 is 1.04 bits per heavy atom. The van der Waals surface area contributed by atoms with Crippen LogP contribution in [0.3, 0.4) is 0 Å². The van der Waals surface area contributed by atoms with E-state index in [1.807, 2.05) is 22.7 Å². The molecule has 0 aliphatic heterocycles. The van der Waals surface area contributed by atoms with Crippen LogP contribution in [-0.2, 0) is 0 Å². The largest absolute Gasteiger partial charge is 0.507 e. The molecule has 0 amide bonds. The van der Waals surface area contributed by atoms with E-state index in [1.54, 1.807) is 24.5 Å². The summed E-state index contributed by atoms with van der Waals surface area (Å²) in [6.07, 6.45) is 5.28. The molecule has 0 bridgehead atoms. The molecule has 4 rings (SSSR count). The molecule has 0 saturated heterocycles. The number of rotatable bonds is 4. The van der Waals surface area contributed by atoms with E-state index in [2.05, 4.69) is 53.4 Å². The summed E-state index contributed by atoms with van der Waals surface area (Å²) in [5, 5.41) is 13.7. The lowest BCUT2D eigenvalue weighted by atomic mass is 10.0. The molecule has 2 aromatic heterocycles. The fraction of sp³-hybridized carbons (Fsp3) is 0.143. The minimum Gasteiger partial charge on any atom is -0.507 e. The highest BCUT2D eigenvalue weighted by molar-refractivity contribution is 5.82. The number of nitrogens with zero attached hydrogens (tertiary/aromatic N) is 3. The first kappa shape index (κ1) is 16.1. The van der Waals surface area contributed by atoms with Crippen LogP contribution >= 0.6 is 0 Å². The van der Waals surface area contributed by atoms with Crippen molar-refractivity contribution in [2.75, 3.05) is 5.32 Å². The van der Waals surface area contributed by atoms with Crippen LogP contribution in [0.25, 0.3) is 16.9 Å². The summed E-state index contributed by atoms with van der Waals surface area (Å²) in [4.78, 5) is 8.81. The molecule has 0 saturated carbocycles. The fourth-order valence-corrected chi connectivity index (χ4v) is 2.98. The molecule has 0 unspecified atom stereocenters. The van der Waals surface area contributed by atoms with Gasteiger partial charge in [0.25, 0.3) is 0 Å². The molecule has 5 nitrogen and oxygen atoms in total. The van der Waals surface area contributed by atoms with Gasteiger partial charge in [-0.15, -0.1) is 0 Å². The molecule has 0 spiro atoms. The third-order valence-corrected chi connectivity index (χ3v) is 4.43. The van der Waals surface area contributed by atoms with Crippen LogP contribution < -0.4 is 5.32 Å². The number of benzene rings is 2. The number of phenolic OH excluding ortho intramolecular Hbond substituents is 1. The molecule has 4 aromatic rings. The van der Waals surface area contributed by atoms with Crippen LogP contribution in [0.4, 0.5) is 11.5 Å². The molecule has 2 N–H and O–H groups in total. The summed E-state index contributed by atoms with van der Waals surface area (Å²) >= 11 is 0. The van der Waals surface area contributed by atoms with Crippen LogP contribution in [0.1, 0.15) is 25.3 Å². The quantitative estimate of drug-likeness (QED) is 0.549. The van der Waals surface area contributed by atoms with Gasteiger partial charge in [0.1, 0.15) is 17.3 Å².